The van der Waals surface area contributed by atoms with Gasteiger partial charge in [-0.05, 0) is 42.7 Å². The first-order chi connectivity index (χ1) is 12.9. The van der Waals surface area contributed by atoms with Crippen molar-refractivity contribution in [3.05, 3.63) is 59.8 Å². The molecule has 0 aliphatic carbocycles. The van der Waals surface area contributed by atoms with E-state index in [4.69, 9.17) is 0 Å². The van der Waals surface area contributed by atoms with E-state index < -0.39 is 9.84 Å². The molecule has 0 spiro atoms. The molecule has 0 fully saturated rings. The maximum atomic E-state index is 13.3. The van der Waals surface area contributed by atoms with Crippen LogP contribution in [0.15, 0.2) is 53.6 Å². The molecule has 3 aromatic rings. The number of aryl methyl sites for hydroxylation is 1. The van der Waals surface area contributed by atoms with Crippen molar-refractivity contribution in [2.45, 2.75) is 17.7 Å². The van der Waals surface area contributed by atoms with E-state index in [0.717, 1.165) is 12.0 Å². The van der Waals surface area contributed by atoms with E-state index in [1.54, 1.807) is 35.2 Å². The Morgan fingerprint density at radius 3 is 2.74 bits per heavy atom. The Balaban J connectivity index is 1.83. The summed E-state index contributed by atoms with van der Waals surface area (Å²) in [7, 11) is -3.31. The van der Waals surface area contributed by atoms with E-state index in [-0.39, 0.29) is 22.1 Å². The molecule has 1 amide bonds. The van der Waals surface area contributed by atoms with Crippen molar-refractivity contribution in [3.63, 3.8) is 0 Å². The second kappa shape index (κ2) is 6.35. The van der Waals surface area contributed by atoms with E-state index in [2.05, 4.69) is 4.98 Å². The van der Waals surface area contributed by atoms with Crippen LogP contribution in [0.5, 0.6) is 5.75 Å². The van der Waals surface area contributed by atoms with Crippen molar-refractivity contribution in [2.75, 3.05) is 17.7 Å². The molecule has 27 heavy (non-hydrogen) atoms. The number of carbonyl (C=O) groups excluding carboxylic acids is 1. The van der Waals surface area contributed by atoms with Crippen LogP contribution in [0.1, 0.15) is 22.3 Å². The molecule has 1 aromatic heterocycles. The van der Waals surface area contributed by atoms with Crippen LogP contribution < -0.4 is 4.90 Å². The van der Waals surface area contributed by atoms with Crippen LogP contribution >= 0.6 is 0 Å². The summed E-state index contributed by atoms with van der Waals surface area (Å²) in [5, 5.41) is 10.9. The van der Waals surface area contributed by atoms with Gasteiger partial charge in [0.25, 0.3) is 5.91 Å². The first-order valence-electron chi connectivity index (χ1n) is 8.58. The smallest absolute Gasteiger partial charge is 0.262 e. The zero-order valence-corrected chi connectivity index (χ0v) is 15.5. The average molecular weight is 382 g/mol. The molecule has 1 N–H and O–H groups in total. The number of nitrogens with zero attached hydrogens (tertiary/aromatic N) is 2. The van der Waals surface area contributed by atoms with Gasteiger partial charge in [-0.15, -0.1) is 0 Å². The van der Waals surface area contributed by atoms with Gasteiger partial charge in [-0.2, -0.15) is 0 Å². The fourth-order valence-corrected chi connectivity index (χ4v) is 4.18. The maximum Gasteiger partial charge on any atom is 0.262 e. The van der Waals surface area contributed by atoms with Crippen molar-refractivity contribution >= 4 is 32.3 Å². The summed E-state index contributed by atoms with van der Waals surface area (Å²) in [6.07, 6.45) is 3.87. The number of para-hydroxylation sites is 1. The number of rotatable bonds is 2. The number of aromatic nitrogens is 1. The number of benzene rings is 2. The molecule has 0 atom stereocenters. The third-order valence-electron chi connectivity index (χ3n) is 4.81. The number of sulfone groups is 1. The monoisotopic (exact) mass is 382 g/mol. The van der Waals surface area contributed by atoms with Crippen molar-refractivity contribution in [2.24, 2.45) is 0 Å². The summed E-state index contributed by atoms with van der Waals surface area (Å²) in [5.74, 6) is -0.488. The molecule has 0 saturated heterocycles. The second-order valence-corrected chi connectivity index (χ2v) is 8.67. The predicted octanol–water partition coefficient (Wildman–Crippen LogP) is 2.94. The lowest BCUT2D eigenvalue weighted by Crippen LogP contribution is -2.35. The third-order valence-corrected chi connectivity index (χ3v) is 5.92. The lowest BCUT2D eigenvalue weighted by atomic mass is 9.99. The maximum absolute atomic E-state index is 13.3. The van der Waals surface area contributed by atoms with Crippen LogP contribution in [0.25, 0.3) is 10.9 Å². The van der Waals surface area contributed by atoms with Crippen LogP contribution in [0.4, 0.5) is 5.69 Å². The summed E-state index contributed by atoms with van der Waals surface area (Å²) in [5.41, 5.74) is 2.33. The van der Waals surface area contributed by atoms with Crippen molar-refractivity contribution < 1.29 is 18.3 Å². The number of hydrogen-bond donors (Lipinski definition) is 1. The zero-order chi connectivity index (χ0) is 19.2. The van der Waals surface area contributed by atoms with Gasteiger partial charge in [-0.1, -0.05) is 18.2 Å². The molecule has 0 unspecified atom stereocenters. The van der Waals surface area contributed by atoms with E-state index >= 15 is 0 Å². The molecule has 138 valence electrons. The highest BCUT2D eigenvalue weighted by Gasteiger charge is 2.28. The summed E-state index contributed by atoms with van der Waals surface area (Å²) < 4.78 is 23.7. The van der Waals surface area contributed by atoms with E-state index in [1.807, 2.05) is 6.07 Å². The lowest BCUT2D eigenvalue weighted by Gasteiger charge is -2.30. The van der Waals surface area contributed by atoms with Gasteiger partial charge in [0.05, 0.1) is 22.2 Å². The highest BCUT2D eigenvalue weighted by atomic mass is 32.2. The summed E-state index contributed by atoms with van der Waals surface area (Å²) in [6, 6.07) is 12.0. The Morgan fingerprint density at radius 2 is 1.96 bits per heavy atom. The lowest BCUT2D eigenvalue weighted by molar-refractivity contribution is 0.0984. The standard InChI is InChI=1S/C20H18N2O4S/c1-27(25,26)14-8-9-17-13(11-14)5-4-10-22(17)20(24)19-15-6-2-3-7-16(15)21-12-18(19)23/h2-3,6-9,11-12,23H,4-5,10H2,1H3. The van der Waals surface area contributed by atoms with Crippen molar-refractivity contribution in [1.29, 1.82) is 0 Å². The first-order valence-corrected chi connectivity index (χ1v) is 10.5. The van der Waals surface area contributed by atoms with Gasteiger partial charge in [0, 0.05) is 23.9 Å². The molecule has 2 heterocycles. The third kappa shape index (κ3) is 3.04. The van der Waals surface area contributed by atoms with Crippen LogP contribution in [0.2, 0.25) is 0 Å². The highest BCUT2D eigenvalue weighted by molar-refractivity contribution is 7.90. The van der Waals surface area contributed by atoms with Gasteiger partial charge in [0.15, 0.2) is 9.84 Å². The molecule has 2 aromatic carbocycles. The molecular formula is C20H18N2O4S. The Labute approximate surface area is 157 Å². The Kier molecular flexibility index (Phi) is 4.11. The van der Waals surface area contributed by atoms with Crippen LogP contribution in [0, 0.1) is 0 Å². The van der Waals surface area contributed by atoms with Gasteiger partial charge in [-0.25, -0.2) is 8.42 Å². The minimum absolute atomic E-state index is 0.168. The molecule has 0 bridgehead atoms. The number of hydrogen-bond acceptors (Lipinski definition) is 5. The quantitative estimate of drug-likeness (QED) is 0.736. The Hall–Kier alpha value is -2.93. The molecule has 1 aliphatic rings. The summed E-state index contributed by atoms with van der Waals surface area (Å²) in [4.78, 5) is 19.3. The first kappa shape index (κ1) is 17.5. The number of pyridine rings is 1. The fourth-order valence-electron chi connectivity index (χ4n) is 3.51. The molecular weight excluding hydrogens is 364 g/mol. The highest BCUT2D eigenvalue weighted by Crippen LogP contribution is 2.33. The molecule has 7 heteroatoms. The van der Waals surface area contributed by atoms with Gasteiger partial charge in [0.2, 0.25) is 0 Å². The van der Waals surface area contributed by atoms with Gasteiger partial charge in [0.1, 0.15) is 5.75 Å². The van der Waals surface area contributed by atoms with Gasteiger partial charge in [-0.3, -0.25) is 9.78 Å². The largest absolute Gasteiger partial charge is 0.505 e. The topological polar surface area (TPSA) is 87.6 Å². The van der Waals surface area contributed by atoms with Gasteiger partial charge >= 0.3 is 0 Å². The molecule has 6 nitrogen and oxygen atoms in total. The van der Waals surface area contributed by atoms with Crippen LogP contribution in [-0.4, -0.2) is 37.2 Å². The second-order valence-electron chi connectivity index (χ2n) is 6.66. The SMILES string of the molecule is CS(=O)(=O)c1ccc2c(c1)CCCN2C(=O)c1c(O)cnc2ccccc12. The number of aromatic hydroxyl groups is 1. The number of amides is 1. The number of carbonyl (C=O) groups is 1. The Bertz CT molecular complexity index is 1170. The van der Waals surface area contributed by atoms with E-state index in [1.165, 1.54) is 18.5 Å². The van der Waals surface area contributed by atoms with Crippen molar-refractivity contribution in [1.82, 2.24) is 4.98 Å². The number of fused-ring (bicyclic) bond motifs is 2. The minimum atomic E-state index is -3.31. The molecule has 4 rings (SSSR count). The fraction of sp³-hybridized carbons (Fsp3) is 0.200. The minimum Gasteiger partial charge on any atom is -0.505 e. The summed E-state index contributed by atoms with van der Waals surface area (Å²) in [6.45, 7) is 0.500. The average Bonchev–Trinajstić information content (AvgIpc) is 2.66. The van der Waals surface area contributed by atoms with Crippen LogP contribution in [-0.2, 0) is 16.3 Å². The van der Waals surface area contributed by atoms with Crippen molar-refractivity contribution in [3.8, 4) is 5.75 Å². The van der Waals surface area contributed by atoms with Crippen LogP contribution in [0.3, 0.4) is 0 Å². The predicted molar refractivity (Wildman–Crippen MR) is 103 cm³/mol. The molecule has 0 radical (unpaired) electrons. The Morgan fingerprint density at radius 1 is 1.19 bits per heavy atom. The zero-order valence-electron chi connectivity index (χ0n) is 14.7. The van der Waals surface area contributed by atoms with Gasteiger partial charge < -0.3 is 10.0 Å². The molecule has 1 aliphatic heterocycles. The summed E-state index contributed by atoms with van der Waals surface area (Å²) >= 11 is 0. The normalized spacial score (nSPS) is 14.2. The van der Waals surface area contributed by atoms with E-state index in [0.29, 0.717) is 29.6 Å². The number of anilines is 1. The molecule has 0 saturated carbocycles. The van der Waals surface area contributed by atoms with E-state index in [9.17, 15) is 18.3 Å².